The van der Waals surface area contributed by atoms with Crippen LogP contribution in [-0.2, 0) is 14.8 Å². The van der Waals surface area contributed by atoms with Crippen molar-refractivity contribution >= 4 is 21.8 Å². The lowest BCUT2D eigenvalue weighted by atomic mass is 10.1. The van der Waals surface area contributed by atoms with Crippen molar-refractivity contribution in [1.29, 1.82) is 0 Å². The SMILES string of the molecule is O=C(c1ccc(S(=O)(=O)N2CCOCC2)cc1)N1CCN(C(=O)c2ccc(F)c(F)c2)CC1. The Kier molecular flexibility index (Phi) is 6.73. The first-order chi connectivity index (χ1) is 15.8. The third kappa shape index (κ3) is 4.90. The fourth-order valence-electron chi connectivity index (χ4n) is 3.81. The highest BCUT2D eigenvalue weighted by Crippen LogP contribution is 2.19. The minimum absolute atomic E-state index is 0.0470. The van der Waals surface area contributed by atoms with E-state index < -0.39 is 27.6 Å². The zero-order chi connectivity index (χ0) is 23.6. The van der Waals surface area contributed by atoms with E-state index in [1.807, 2.05) is 0 Å². The van der Waals surface area contributed by atoms with E-state index in [4.69, 9.17) is 4.74 Å². The quantitative estimate of drug-likeness (QED) is 0.665. The van der Waals surface area contributed by atoms with Crippen molar-refractivity contribution in [1.82, 2.24) is 14.1 Å². The Morgan fingerprint density at radius 3 is 1.79 bits per heavy atom. The van der Waals surface area contributed by atoms with Crippen molar-refractivity contribution in [3.8, 4) is 0 Å². The number of ether oxygens (including phenoxy) is 1. The molecule has 0 atom stereocenters. The zero-order valence-electron chi connectivity index (χ0n) is 17.7. The van der Waals surface area contributed by atoms with Crippen LogP contribution in [0.5, 0.6) is 0 Å². The minimum atomic E-state index is -3.64. The van der Waals surface area contributed by atoms with Gasteiger partial charge >= 0.3 is 0 Å². The molecule has 2 saturated heterocycles. The summed E-state index contributed by atoms with van der Waals surface area (Å²) >= 11 is 0. The Morgan fingerprint density at radius 1 is 0.727 bits per heavy atom. The third-order valence-corrected chi connectivity index (χ3v) is 7.64. The molecule has 176 valence electrons. The highest BCUT2D eigenvalue weighted by molar-refractivity contribution is 7.89. The van der Waals surface area contributed by atoms with Gasteiger partial charge in [-0.2, -0.15) is 4.31 Å². The predicted octanol–water partition coefficient (Wildman–Crippen LogP) is 1.58. The second-order valence-corrected chi connectivity index (χ2v) is 9.69. The van der Waals surface area contributed by atoms with Gasteiger partial charge in [0.1, 0.15) is 0 Å². The van der Waals surface area contributed by atoms with Gasteiger partial charge in [-0.3, -0.25) is 9.59 Å². The van der Waals surface area contributed by atoms with Gasteiger partial charge in [0.2, 0.25) is 10.0 Å². The molecule has 0 saturated carbocycles. The number of sulfonamides is 1. The molecule has 0 N–H and O–H groups in total. The number of halogens is 2. The van der Waals surface area contributed by atoms with E-state index in [1.165, 1.54) is 39.5 Å². The molecule has 0 bridgehead atoms. The van der Waals surface area contributed by atoms with Gasteiger partial charge in [0, 0.05) is 50.4 Å². The number of hydrogen-bond acceptors (Lipinski definition) is 5. The maximum Gasteiger partial charge on any atom is 0.254 e. The lowest BCUT2D eigenvalue weighted by Gasteiger charge is -2.35. The van der Waals surface area contributed by atoms with E-state index in [9.17, 15) is 26.8 Å². The number of morpholine rings is 1. The Labute approximate surface area is 190 Å². The van der Waals surface area contributed by atoms with Crippen molar-refractivity contribution in [3.63, 3.8) is 0 Å². The molecule has 2 amide bonds. The van der Waals surface area contributed by atoms with Crippen molar-refractivity contribution in [2.75, 3.05) is 52.5 Å². The molecule has 11 heteroatoms. The molecule has 4 rings (SSSR count). The van der Waals surface area contributed by atoms with Crippen molar-refractivity contribution in [3.05, 3.63) is 65.2 Å². The molecule has 0 spiro atoms. The number of piperazine rings is 1. The van der Waals surface area contributed by atoms with Crippen molar-refractivity contribution < 1.29 is 31.5 Å². The number of carbonyl (C=O) groups excluding carboxylic acids is 2. The van der Waals surface area contributed by atoms with Crippen LogP contribution in [0, 0.1) is 11.6 Å². The molecule has 0 radical (unpaired) electrons. The third-order valence-electron chi connectivity index (χ3n) is 5.73. The monoisotopic (exact) mass is 479 g/mol. The zero-order valence-corrected chi connectivity index (χ0v) is 18.6. The predicted molar refractivity (Wildman–Crippen MR) is 114 cm³/mol. The smallest absolute Gasteiger partial charge is 0.254 e. The number of benzene rings is 2. The van der Waals surface area contributed by atoms with Gasteiger partial charge < -0.3 is 14.5 Å². The van der Waals surface area contributed by atoms with Crippen LogP contribution in [0.4, 0.5) is 8.78 Å². The van der Waals surface area contributed by atoms with Crippen LogP contribution < -0.4 is 0 Å². The van der Waals surface area contributed by atoms with E-state index in [-0.39, 0.29) is 55.6 Å². The lowest BCUT2D eigenvalue weighted by molar-refractivity contribution is 0.0535. The molecule has 2 aliphatic rings. The number of rotatable bonds is 4. The summed E-state index contributed by atoms with van der Waals surface area (Å²) in [6, 6.07) is 8.79. The first kappa shape index (κ1) is 23.3. The van der Waals surface area contributed by atoms with Crippen LogP contribution in [0.2, 0.25) is 0 Å². The van der Waals surface area contributed by atoms with Gasteiger partial charge in [-0.1, -0.05) is 0 Å². The minimum Gasteiger partial charge on any atom is -0.379 e. The summed E-state index contributed by atoms with van der Waals surface area (Å²) in [5, 5.41) is 0. The normalized spacial score (nSPS) is 17.8. The van der Waals surface area contributed by atoms with Gasteiger partial charge in [0.15, 0.2) is 11.6 Å². The topological polar surface area (TPSA) is 87.2 Å². The average molecular weight is 480 g/mol. The molecule has 2 aromatic carbocycles. The average Bonchev–Trinajstić information content (AvgIpc) is 2.85. The Morgan fingerprint density at radius 2 is 1.24 bits per heavy atom. The largest absolute Gasteiger partial charge is 0.379 e. The molecule has 8 nitrogen and oxygen atoms in total. The summed E-state index contributed by atoms with van der Waals surface area (Å²) in [4.78, 5) is 28.5. The van der Waals surface area contributed by atoms with Gasteiger partial charge in [-0.05, 0) is 42.5 Å². The number of amides is 2. The molecule has 33 heavy (non-hydrogen) atoms. The maximum absolute atomic E-state index is 13.4. The van der Waals surface area contributed by atoms with E-state index in [2.05, 4.69) is 0 Å². The molecular formula is C22H23F2N3O5S. The first-order valence-corrected chi connectivity index (χ1v) is 11.9. The Hall–Kier alpha value is -2.89. The summed E-state index contributed by atoms with van der Waals surface area (Å²) in [5.74, 6) is -2.82. The number of nitrogens with zero attached hydrogens (tertiary/aromatic N) is 3. The van der Waals surface area contributed by atoms with Crippen LogP contribution in [0.15, 0.2) is 47.4 Å². The molecule has 0 aromatic heterocycles. The van der Waals surface area contributed by atoms with Crippen LogP contribution in [0.3, 0.4) is 0 Å². The lowest BCUT2D eigenvalue weighted by Crippen LogP contribution is -2.50. The molecular weight excluding hydrogens is 456 g/mol. The van der Waals surface area contributed by atoms with E-state index in [1.54, 1.807) is 4.90 Å². The van der Waals surface area contributed by atoms with Crippen LogP contribution in [0.25, 0.3) is 0 Å². The van der Waals surface area contributed by atoms with Crippen LogP contribution >= 0.6 is 0 Å². The van der Waals surface area contributed by atoms with Gasteiger partial charge in [-0.25, -0.2) is 17.2 Å². The highest BCUT2D eigenvalue weighted by Gasteiger charge is 2.28. The fraction of sp³-hybridized carbons (Fsp3) is 0.364. The van der Waals surface area contributed by atoms with Crippen LogP contribution in [-0.4, -0.2) is 86.8 Å². The molecule has 2 fully saturated rings. The fourth-order valence-corrected chi connectivity index (χ4v) is 5.22. The summed E-state index contributed by atoms with van der Waals surface area (Å²) in [6.07, 6.45) is 0. The van der Waals surface area contributed by atoms with Gasteiger partial charge in [-0.15, -0.1) is 0 Å². The molecule has 0 unspecified atom stereocenters. The van der Waals surface area contributed by atoms with E-state index in [0.717, 1.165) is 12.1 Å². The van der Waals surface area contributed by atoms with Crippen LogP contribution in [0.1, 0.15) is 20.7 Å². The summed E-state index contributed by atoms with van der Waals surface area (Å²) in [6.45, 7) is 2.29. The van der Waals surface area contributed by atoms with Gasteiger partial charge in [0.25, 0.3) is 11.8 Å². The van der Waals surface area contributed by atoms with E-state index in [0.29, 0.717) is 18.8 Å². The molecule has 2 heterocycles. The first-order valence-electron chi connectivity index (χ1n) is 10.5. The Bertz CT molecular complexity index is 1140. The summed E-state index contributed by atoms with van der Waals surface area (Å²) in [7, 11) is -3.64. The molecule has 2 aliphatic heterocycles. The summed E-state index contributed by atoms with van der Waals surface area (Å²) in [5.41, 5.74) is 0.391. The van der Waals surface area contributed by atoms with E-state index >= 15 is 0 Å². The maximum atomic E-state index is 13.4. The molecule has 2 aromatic rings. The second-order valence-electron chi connectivity index (χ2n) is 7.75. The standard InChI is InChI=1S/C22H23F2N3O5S/c23-19-6-3-17(15-20(19)24)22(29)26-9-7-25(8-10-26)21(28)16-1-4-18(5-2-16)33(30,31)27-11-13-32-14-12-27/h1-6,15H,7-14H2. The summed E-state index contributed by atoms with van der Waals surface area (Å²) < 4.78 is 58.5. The second kappa shape index (κ2) is 9.54. The number of carbonyl (C=O) groups is 2. The van der Waals surface area contributed by atoms with Crippen molar-refractivity contribution in [2.24, 2.45) is 0 Å². The highest BCUT2D eigenvalue weighted by atomic mass is 32.2. The Balaban J connectivity index is 1.37. The number of hydrogen-bond donors (Lipinski definition) is 0. The van der Waals surface area contributed by atoms with Crippen molar-refractivity contribution in [2.45, 2.75) is 4.90 Å². The van der Waals surface area contributed by atoms with Gasteiger partial charge in [0.05, 0.1) is 18.1 Å². The molecule has 0 aliphatic carbocycles.